The summed E-state index contributed by atoms with van der Waals surface area (Å²) in [5.74, 6) is -0.308. The zero-order chi connectivity index (χ0) is 18.2. The number of nitrogens with one attached hydrogen (secondary N) is 1. The first-order valence-corrected chi connectivity index (χ1v) is 10.2. The molecule has 2 aromatic carbocycles. The number of amides is 1. The van der Waals surface area contributed by atoms with Gasteiger partial charge >= 0.3 is 0 Å². The van der Waals surface area contributed by atoms with Crippen molar-refractivity contribution in [2.75, 3.05) is 22.4 Å². The molecule has 0 aromatic heterocycles. The highest BCUT2D eigenvalue weighted by Crippen LogP contribution is 2.30. The molecule has 2 aromatic rings. The van der Waals surface area contributed by atoms with E-state index in [0.29, 0.717) is 33.5 Å². The van der Waals surface area contributed by atoms with Crippen LogP contribution in [0.4, 0.5) is 11.4 Å². The minimum atomic E-state index is -3.33. The molecular weight excluding hydrogens is 383 g/mol. The lowest BCUT2D eigenvalue weighted by Crippen LogP contribution is -2.34. The maximum Gasteiger partial charge on any atom is 0.255 e. The van der Waals surface area contributed by atoms with Gasteiger partial charge in [0.2, 0.25) is 10.0 Å². The summed E-state index contributed by atoms with van der Waals surface area (Å²) >= 11 is 11.9. The van der Waals surface area contributed by atoms with E-state index in [4.69, 9.17) is 23.2 Å². The van der Waals surface area contributed by atoms with E-state index < -0.39 is 10.0 Å². The second-order valence-electron chi connectivity index (χ2n) is 5.89. The van der Waals surface area contributed by atoms with Crippen LogP contribution in [0.2, 0.25) is 10.0 Å². The van der Waals surface area contributed by atoms with E-state index in [2.05, 4.69) is 5.32 Å². The molecule has 1 aliphatic heterocycles. The van der Waals surface area contributed by atoms with Crippen molar-refractivity contribution in [3.05, 3.63) is 57.6 Å². The van der Waals surface area contributed by atoms with Crippen molar-refractivity contribution >= 4 is 50.5 Å². The van der Waals surface area contributed by atoms with Crippen LogP contribution in [0, 0.1) is 0 Å². The Labute approximate surface area is 156 Å². The molecule has 0 saturated heterocycles. The van der Waals surface area contributed by atoms with Gasteiger partial charge in [0.1, 0.15) is 0 Å². The Bertz CT molecular complexity index is 925. The van der Waals surface area contributed by atoms with Crippen LogP contribution >= 0.6 is 23.2 Å². The second kappa shape index (κ2) is 6.86. The molecule has 1 N–H and O–H groups in total. The molecule has 3 rings (SSSR count). The van der Waals surface area contributed by atoms with E-state index in [1.54, 1.807) is 36.4 Å². The lowest BCUT2D eigenvalue weighted by Gasteiger charge is -2.29. The van der Waals surface area contributed by atoms with E-state index >= 15 is 0 Å². The molecule has 0 radical (unpaired) electrons. The van der Waals surface area contributed by atoms with Crippen LogP contribution in [0.15, 0.2) is 36.4 Å². The van der Waals surface area contributed by atoms with E-state index in [1.165, 1.54) is 10.6 Å². The van der Waals surface area contributed by atoms with Crippen LogP contribution in [-0.2, 0) is 16.4 Å². The molecule has 1 heterocycles. The summed E-state index contributed by atoms with van der Waals surface area (Å²) in [4.78, 5) is 12.5. The predicted molar refractivity (Wildman–Crippen MR) is 101 cm³/mol. The fourth-order valence-corrected chi connectivity index (χ4v) is 4.40. The van der Waals surface area contributed by atoms with Gasteiger partial charge in [0.05, 0.1) is 11.9 Å². The average Bonchev–Trinajstić information content (AvgIpc) is 2.51. The predicted octanol–water partition coefficient (Wildman–Crippen LogP) is 3.96. The highest BCUT2D eigenvalue weighted by atomic mass is 35.5. The summed E-state index contributed by atoms with van der Waals surface area (Å²) in [7, 11) is -3.33. The van der Waals surface area contributed by atoms with Crippen molar-refractivity contribution in [3.8, 4) is 0 Å². The molecule has 5 nitrogen and oxygen atoms in total. The fourth-order valence-electron chi connectivity index (χ4n) is 2.88. The number of halogens is 2. The topological polar surface area (TPSA) is 66.5 Å². The zero-order valence-electron chi connectivity index (χ0n) is 13.4. The average molecular weight is 399 g/mol. The number of anilines is 2. The number of nitrogens with zero attached hydrogens (tertiary/aromatic N) is 1. The van der Waals surface area contributed by atoms with Crippen molar-refractivity contribution < 1.29 is 13.2 Å². The van der Waals surface area contributed by atoms with Gasteiger partial charge in [-0.2, -0.15) is 0 Å². The SMILES string of the molecule is CS(=O)(=O)N1CCCc2cc(C(=O)Nc3cc(Cl)cc(Cl)c3)ccc21. The molecule has 132 valence electrons. The van der Waals surface area contributed by atoms with E-state index in [0.717, 1.165) is 18.4 Å². The highest BCUT2D eigenvalue weighted by molar-refractivity contribution is 7.92. The first kappa shape index (κ1) is 18.0. The molecule has 1 amide bonds. The first-order chi connectivity index (χ1) is 11.7. The molecule has 0 aliphatic carbocycles. The number of rotatable bonds is 3. The van der Waals surface area contributed by atoms with Gasteiger partial charge in [-0.15, -0.1) is 0 Å². The fraction of sp³-hybridized carbons (Fsp3) is 0.235. The quantitative estimate of drug-likeness (QED) is 0.850. The van der Waals surface area contributed by atoms with Crippen LogP contribution < -0.4 is 9.62 Å². The standard InChI is InChI=1S/C17H16Cl2N2O3S/c1-25(23,24)21-6-2-3-11-7-12(4-5-16(11)21)17(22)20-15-9-13(18)8-14(19)10-15/h4-5,7-10H,2-3,6H2,1H3,(H,20,22). The van der Waals surface area contributed by atoms with Gasteiger partial charge in [-0.3, -0.25) is 9.10 Å². The number of aryl methyl sites for hydroxylation is 1. The van der Waals surface area contributed by atoms with E-state index in [9.17, 15) is 13.2 Å². The third kappa shape index (κ3) is 4.08. The van der Waals surface area contributed by atoms with Gasteiger partial charge in [-0.05, 0) is 54.8 Å². The molecular formula is C17H16Cl2N2O3S. The molecule has 0 saturated carbocycles. The number of benzene rings is 2. The minimum Gasteiger partial charge on any atom is -0.322 e. The molecule has 8 heteroatoms. The maximum absolute atomic E-state index is 12.5. The molecule has 0 unspecified atom stereocenters. The Hall–Kier alpha value is -1.76. The number of carbonyl (C=O) groups is 1. The van der Waals surface area contributed by atoms with Crippen molar-refractivity contribution in [1.82, 2.24) is 0 Å². The van der Waals surface area contributed by atoms with Crippen molar-refractivity contribution in [3.63, 3.8) is 0 Å². The Morgan fingerprint density at radius 2 is 1.80 bits per heavy atom. The Morgan fingerprint density at radius 1 is 1.12 bits per heavy atom. The summed E-state index contributed by atoms with van der Waals surface area (Å²) < 4.78 is 25.2. The Balaban J connectivity index is 1.88. The number of hydrogen-bond acceptors (Lipinski definition) is 3. The third-order valence-corrected chi connectivity index (χ3v) is 5.55. The maximum atomic E-state index is 12.5. The number of hydrogen-bond donors (Lipinski definition) is 1. The highest BCUT2D eigenvalue weighted by Gasteiger charge is 2.24. The van der Waals surface area contributed by atoms with Crippen LogP contribution in [0.3, 0.4) is 0 Å². The second-order valence-corrected chi connectivity index (χ2v) is 8.67. The van der Waals surface area contributed by atoms with Crippen LogP contribution in [0.5, 0.6) is 0 Å². The van der Waals surface area contributed by atoms with E-state index in [-0.39, 0.29) is 5.91 Å². The van der Waals surface area contributed by atoms with Crippen LogP contribution in [0.1, 0.15) is 22.3 Å². The van der Waals surface area contributed by atoms with Crippen molar-refractivity contribution in [1.29, 1.82) is 0 Å². The Kier molecular flexibility index (Phi) is 4.95. The van der Waals surface area contributed by atoms with Crippen molar-refractivity contribution in [2.24, 2.45) is 0 Å². The molecule has 25 heavy (non-hydrogen) atoms. The summed E-state index contributed by atoms with van der Waals surface area (Å²) in [5.41, 5.74) is 2.42. The van der Waals surface area contributed by atoms with Crippen LogP contribution in [0.25, 0.3) is 0 Å². The number of sulfonamides is 1. The molecule has 0 atom stereocenters. The van der Waals surface area contributed by atoms with Gasteiger partial charge in [0.15, 0.2) is 0 Å². The van der Waals surface area contributed by atoms with Gasteiger partial charge in [0, 0.05) is 27.8 Å². The first-order valence-electron chi connectivity index (χ1n) is 7.62. The monoisotopic (exact) mass is 398 g/mol. The molecule has 1 aliphatic rings. The van der Waals surface area contributed by atoms with Gasteiger partial charge in [-0.1, -0.05) is 23.2 Å². The summed E-state index contributed by atoms with van der Waals surface area (Å²) in [6, 6.07) is 9.81. The number of carbonyl (C=O) groups excluding carboxylic acids is 1. The summed E-state index contributed by atoms with van der Waals surface area (Å²) in [6.07, 6.45) is 2.63. The third-order valence-electron chi connectivity index (χ3n) is 3.94. The van der Waals surface area contributed by atoms with Crippen LogP contribution in [-0.4, -0.2) is 27.1 Å². The molecule has 0 fully saturated rings. The van der Waals surface area contributed by atoms with E-state index in [1.807, 2.05) is 0 Å². The summed E-state index contributed by atoms with van der Waals surface area (Å²) in [6.45, 7) is 0.457. The smallest absolute Gasteiger partial charge is 0.255 e. The Morgan fingerprint density at radius 3 is 2.44 bits per heavy atom. The lowest BCUT2D eigenvalue weighted by atomic mass is 10.0. The summed E-state index contributed by atoms with van der Waals surface area (Å²) in [5, 5.41) is 3.60. The molecule has 0 spiro atoms. The van der Waals surface area contributed by atoms with Gasteiger partial charge in [-0.25, -0.2) is 8.42 Å². The largest absolute Gasteiger partial charge is 0.322 e. The van der Waals surface area contributed by atoms with Crippen molar-refractivity contribution in [2.45, 2.75) is 12.8 Å². The number of fused-ring (bicyclic) bond motifs is 1. The zero-order valence-corrected chi connectivity index (χ0v) is 15.7. The van der Waals surface area contributed by atoms with Gasteiger partial charge in [0.25, 0.3) is 5.91 Å². The molecule has 0 bridgehead atoms. The minimum absolute atomic E-state index is 0.308. The van der Waals surface area contributed by atoms with Gasteiger partial charge < -0.3 is 5.32 Å². The lowest BCUT2D eigenvalue weighted by molar-refractivity contribution is 0.102. The normalized spacial score (nSPS) is 14.1.